The summed E-state index contributed by atoms with van der Waals surface area (Å²) in [6.45, 7) is 2.83. The van der Waals surface area contributed by atoms with Crippen molar-refractivity contribution < 1.29 is 8.42 Å². The van der Waals surface area contributed by atoms with Gasteiger partial charge < -0.3 is 11.1 Å². The Morgan fingerprint density at radius 1 is 1.45 bits per heavy atom. The molecule has 0 radical (unpaired) electrons. The van der Waals surface area contributed by atoms with E-state index < -0.39 is 10.0 Å². The van der Waals surface area contributed by atoms with Gasteiger partial charge in [0, 0.05) is 18.6 Å². The standard InChI is InChI=1S/C13H22N4O2S/c1-9(17(2)10-3-4-10)8-16-13-7-11(20(15,18)19)5-6-12(13)14/h5-7,9-10,16H,3-4,8,14H2,1-2H3,(H2,15,18,19). The third-order valence-electron chi connectivity index (χ3n) is 3.76. The van der Waals surface area contributed by atoms with E-state index in [4.69, 9.17) is 10.9 Å². The molecule has 0 saturated heterocycles. The maximum absolute atomic E-state index is 11.3. The highest BCUT2D eigenvalue weighted by atomic mass is 32.2. The molecule has 0 bridgehead atoms. The number of anilines is 2. The first-order valence-corrected chi connectivity index (χ1v) is 8.22. The minimum atomic E-state index is -3.71. The van der Waals surface area contributed by atoms with E-state index in [0.717, 1.165) is 0 Å². The number of nitrogen functional groups attached to an aromatic ring is 1. The Morgan fingerprint density at radius 3 is 2.65 bits per heavy atom. The largest absolute Gasteiger partial charge is 0.397 e. The number of benzene rings is 1. The van der Waals surface area contributed by atoms with E-state index in [0.29, 0.717) is 30.0 Å². The molecule has 1 aliphatic carbocycles. The van der Waals surface area contributed by atoms with Crippen LogP contribution in [0.2, 0.25) is 0 Å². The Hall–Kier alpha value is -1.31. The van der Waals surface area contributed by atoms with E-state index in [2.05, 4.69) is 24.2 Å². The summed E-state index contributed by atoms with van der Waals surface area (Å²) in [5, 5.41) is 8.33. The first kappa shape index (κ1) is 15.1. The quantitative estimate of drug-likeness (QED) is 0.675. The van der Waals surface area contributed by atoms with E-state index in [9.17, 15) is 8.42 Å². The maximum atomic E-state index is 11.3. The average molecular weight is 298 g/mol. The SMILES string of the molecule is CC(CNc1cc(S(N)(=O)=O)ccc1N)N(C)C1CC1. The zero-order chi connectivity index (χ0) is 14.9. The van der Waals surface area contributed by atoms with Crippen LogP contribution >= 0.6 is 0 Å². The number of nitrogens with one attached hydrogen (secondary N) is 1. The van der Waals surface area contributed by atoms with Gasteiger partial charge in [0.05, 0.1) is 16.3 Å². The fraction of sp³-hybridized carbons (Fsp3) is 0.538. The number of nitrogens with two attached hydrogens (primary N) is 2. The van der Waals surface area contributed by atoms with E-state index in [1.807, 2.05) is 0 Å². The fourth-order valence-corrected chi connectivity index (χ4v) is 2.65. The van der Waals surface area contributed by atoms with Crippen LogP contribution in [0, 0.1) is 0 Å². The Kier molecular flexibility index (Phi) is 4.22. The molecule has 0 aliphatic heterocycles. The molecule has 1 unspecified atom stereocenters. The van der Waals surface area contributed by atoms with Crippen LogP contribution in [0.15, 0.2) is 23.1 Å². The Morgan fingerprint density at radius 2 is 2.10 bits per heavy atom. The van der Waals surface area contributed by atoms with E-state index in [1.54, 1.807) is 6.07 Å². The molecule has 0 amide bonds. The molecule has 6 nitrogen and oxygen atoms in total. The zero-order valence-corrected chi connectivity index (χ0v) is 12.7. The molecule has 1 aliphatic rings. The molecule has 112 valence electrons. The number of rotatable bonds is 6. The second-order valence-electron chi connectivity index (χ2n) is 5.42. The predicted molar refractivity (Wildman–Crippen MR) is 81.0 cm³/mol. The van der Waals surface area contributed by atoms with E-state index >= 15 is 0 Å². The van der Waals surface area contributed by atoms with Crippen molar-refractivity contribution >= 4 is 21.4 Å². The second-order valence-corrected chi connectivity index (χ2v) is 6.98. The van der Waals surface area contributed by atoms with Crippen molar-refractivity contribution in [3.8, 4) is 0 Å². The van der Waals surface area contributed by atoms with Crippen molar-refractivity contribution in [3.63, 3.8) is 0 Å². The molecule has 1 atom stereocenters. The second kappa shape index (κ2) is 5.59. The molecule has 0 aromatic heterocycles. The first-order chi connectivity index (χ1) is 9.29. The molecule has 0 heterocycles. The summed E-state index contributed by atoms with van der Waals surface area (Å²) in [7, 11) is -1.60. The van der Waals surface area contributed by atoms with Crippen LogP contribution in [0.4, 0.5) is 11.4 Å². The Bertz CT molecular complexity index is 584. The fourth-order valence-electron chi connectivity index (χ4n) is 2.11. The lowest BCUT2D eigenvalue weighted by Crippen LogP contribution is -2.36. The van der Waals surface area contributed by atoms with Gasteiger partial charge in [-0.05, 0) is 45.0 Å². The molecule has 1 saturated carbocycles. The third kappa shape index (κ3) is 3.62. The summed E-state index contributed by atoms with van der Waals surface area (Å²) in [5.74, 6) is 0. The van der Waals surface area contributed by atoms with Crippen LogP contribution in [0.25, 0.3) is 0 Å². The number of likely N-dealkylation sites (N-methyl/N-ethyl adjacent to an activating group) is 1. The predicted octanol–water partition coefficient (Wildman–Crippen LogP) is 0.811. The molecule has 7 heteroatoms. The molecular weight excluding hydrogens is 276 g/mol. The van der Waals surface area contributed by atoms with E-state index in [-0.39, 0.29) is 4.90 Å². The maximum Gasteiger partial charge on any atom is 0.238 e. The molecule has 1 aromatic rings. The van der Waals surface area contributed by atoms with Crippen LogP contribution in [-0.2, 0) is 10.0 Å². The summed E-state index contributed by atoms with van der Waals surface area (Å²) in [5.41, 5.74) is 6.97. The number of sulfonamides is 1. The number of primary sulfonamides is 1. The van der Waals surface area contributed by atoms with Gasteiger partial charge in [-0.2, -0.15) is 0 Å². The zero-order valence-electron chi connectivity index (χ0n) is 11.8. The van der Waals surface area contributed by atoms with E-state index in [1.165, 1.54) is 25.0 Å². The number of nitrogens with zero attached hydrogens (tertiary/aromatic N) is 1. The van der Waals surface area contributed by atoms with Gasteiger partial charge in [-0.25, -0.2) is 13.6 Å². The van der Waals surface area contributed by atoms with Gasteiger partial charge in [-0.3, -0.25) is 4.90 Å². The summed E-state index contributed by atoms with van der Waals surface area (Å²) in [4.78, 5) is 2.39. The highest BCUT2D eigenvalue weighted by Gasteiger charge is 2.28. The molecular formula is C13H22N4O2S. The van der Waals surface area contributed by atoms with Gasteiger partial charge in [0.2, 0.25) is 10.0 Å². The molecule has 2 rings (SSSR count). The van der Waals surface area contributed by atoms with Crippen molar-refractivity contribution in [2.75, 3.05) is 24.6 Å². The molecule has 5 N–H and O–H groups in total. The molecule has 1 aromatic carbocycles. The minimum Gasteiger partial charge on any atom is -0.397 e. The summed E-state index contributed by atoms with van der Waals surface area (Å²) in [6.07, 6.45) is 2.51. The van der Waals surface area contributed by atoms with Crippen molar-refractivity contribution in [1.29, 1.82) is 0 Å². The van der Waals surface area contributed by atoms with Crippen molar-refractivity contribution in [3.05, 3.63) is 18.2 Å². The lowest BCUT2D eigenvalue weighted by molar-refractivity contribution is 0.257. The van der Waals surface area contributed by atoms with Crippen LogP contribution in [-0.4, -0.2) is 39.0 Å². The van der Waals surface area contributed by atoms with Gasteiger partial charge >= 0.3 is 0 Å². The minimum absolute atomic E-state index is 0.0670. The van der Waals surface area contributed by atoms with Crippen molar-refractivity contribution in [2.24, 2.45) is 5.14 Å². The van der Waals surface area contributed by atoms with Crippen molar-refractivity contribution in [2.45, 2.75) is 36.7 Å². The van der Waals surface area contributed by atoms with Crippen LogP contribution < -0.4 is 16.2 Å². The summed E-state index contributed by atoms with van der Waals surface area (Å²) >= 11 is 0. The third-order valence-corrected chi connectivity index (χ3v) is 4.67. The molecule has 20 heavy (non-hydrogen) atoms. The normalized spacial score (nSPS) is 17.2. The lowest BCUT2D eigenvalue weighted by Gasteiger charge is -2.25. The Balaban J connectivity index is 2.05. The van der Waals surface area contributed by atoms with Gasteiger partial charge in [0.1, 0.15) is 0 Å². The van der Waals surface area contributed by atoms with Gasteiger partial charge in [0.25, 0.3) is 0 Å². The Labute approximate surface area is 120 Å². The summed E-state index contributed by atoms with van der Waals surface area (Å²) < 4.78 is 22.7. The van der Waals surface area contributed by atoms with Crippen LogP contribution in [0.5, 0.6) is 0 Å². The highest BCUT2D eigenvalue weighted by molar-refractivity contribution is 7.89. The molecule has 0 spiro atoms. The van der Waals surface area contributed by atoms with Crippen LogP contribution in [0.1, 0.15) is 19.8 Å². The van der Waals surface area contributed by atoms with Gasteiger partial charge in [0.15, 0.2) is 0 Å². The lowest BCUT2D eigenvalue weighted by atomic mass is 10.2. The van der Waals surface area contributed by atoms with Gasteiger partial charge in [-0.1, -0.05) is 0 Å². The smallest absolute Gasteiger partial charge is 0.238 e. The topological polar surface area (TPSA) is 101 Å². The van der Waals surface area contributed by atoms with Crippen molar-refractivity contribution in [1.82, 2.24) is 4.90 Å². The molecule has 1 fully saturated rings. The highest BCUT2D eigenvalue weighted by Crippen LogP contribution is 2.27. The van der Waals surface area contributed by atoms with Crippen LogP contribution in [0.3, 0.4) is 0 Å². The average Bonchev–Trinajstić information content (AvgIpc) is 3.19. The van der Waals surface area contributed by atoms with Gasteiger partial charge in [-0.15, -0.1) is 0 Å². The first-order valence-electron chi connectivity index (χ1n) is 6.67. The number of hydrogen-bond donors (Lipinski definition) is 3. The number of hydrogen-bond acceptors (Lipinski definition) is 5. The monoisotopic (exact) mass is 298 g/mol. The summed E-state index contributed by atoms with van der Waals surface area (Å²) in [6, 6.07) is 5.47.